The van der Waals surface area contributed by atoms with E-state index in [9.17, 15) is 14.0 Å². The van der Waals surface area contributed by atoms with Crippen LogP contribution in [0.15, 0.2) is 48.5 Å². The minimum atomic E-state index is -0.443. The number of imide groups is 1. The number of hydrogen-bond donors (Lipinski definition) is 2. The van der Waals surface area contributed by atoms with Crippen LogP contribution in [0.5, 0.6) is 11.5 Å². The second-order valence-electron chi connectivity index (χ2n) is 7.79. The smallest absolute Gasteiger partial charge is 0.261 e. The van der Waals surface area contributed by atoms with Crippen LogP contribution in [0.1, 0.15) is 23.2 Å². The molecule has 0 radical (unpaired) electrons. The lowest BCUT2D eigenvalue weighted by atomic mass is 9.97. The minimum Gasteiger partial charge on any atom is -0.497 e. The fourth-order valence-corrected chi connectivity index (χ4v) is 3.93. The van der Waals surface area contributed by atoms with Crippen molar-refractivity contribution in [1.29, 1.82) is 0 Å². The molecule has 9 heteroatoms. The van der Waals surface area contributed by atoms with E-state index < -0.39 is 11.8 Å². The van der Waals surface area contributed by atoms with Gasteiger partial charge in [-0.1, -0.05) is 0 Å². The van der Waals surface area contributed by atoms with Gasteiger partial charge < -0.3 is 15.2 Å². The van der Waals surface area contributed by atoms with Gasteiger partial charge in [0.05, 0.1) is 26.3 Å². The molecule has 34 heavy (non-hydrogen) atoms. The molecule has 0 fully saturated rings. The Morgan fingerprint density at radius 1 is 1.09 bits per heavy atom. The van der Waals surface area contributed by atoms with Crippen LogP contribution in [0, 0.1) is 5.82 Å². The van der Waals surface area contributed by atoms with Crippen molar-refractivity contribution in [3.8, 4) is 22.8 Å². The molecule has 0 unspecified atom stereocenters. The molecule has 2 aromatic carbocycles. The maximum absolute atomic E-state index is 13.5. The molecule has 3 aromatic rings. The quantitative estimate of drug-likeness (QED) is 0.471. The number of aryl methyl sites for hydroxylation is 1. The number of methoxy groups -OCH3 is 2. The summed E-state index contributed by atoms with van der Waals surface area (Å²) in [6.07, 6.45) is 2.54. The first kappa shape index (κ1) is 23.2. The van der Waals surface area contributed by atoms with Crippen molar-refractivity contribution in [3.63, 3.8) is 0 Å². The summed E-state index contributed by atoms with van der Waals surface area (Å²) in [6.45, 7) is 0.492. The number of hydrogen-bond acceptors (Lipinski definition) is 6. The van der Waals surface area contributed by atoms with E-state index in [1.165, 1.54) is 25.3 Å². The monoisotopic (exact) mass is 464 g/mol. The van der Waals surface area contributed by atoms with Gasteiger partial charge >= 0.3 is 0 Å². The summed E-state index contributed by atoms with van der Waals surface area (Å²) in [7, 11) is 3.06. The average molecular weight is 464 g/mol. The van der Waals surface area contributed by atoms with E-state index >= 15 is 0 Å². The predicted molar refractivity (Wildman–Crippen MR) is 124 cm³/mol. The molecule has 8 nitrogen and oxygen atoms in total. The van der Waals surface area contributed by atoms with Crippen molar-refractivity contribution in [2.24, 2.45) is 5.73 Å². The first-order valence-corrected chi connectivity index (χ1v) is 10.8. The summed E-state index contributed by atoms with van der Waals surface area (Å²) in [6, 6.07) is 11.0. The Morgan fingerprint density at radius 2 is 1.85 bits per heavy atom. The Labute approximate surface area is 196 Å². The van der Waals surface area contributed by atoms with Gasteiger partial charge in [-0.2, -0.15) is 5.10 Å². The summed E-state index contributed by atoms with van der Waals surface area (Å²) in [5, 5.41) is 7.36. The molecule has 0 saturated carbocycles. The number of H-pyrrole nitrogens is 1. The van der Waals surface area contributed by atoms with Crippen LogP contribution in [0.3, 0.4) is 0 Å². The van der Waals surface area contributed by atoms with Gasteiger partial charge in [0.25, 0.3) is 11.8 Å². The first-order valence-electron chi connectivity index (χ1n) is 10.8. The molecule has 0 aliphatic carbocycles. The molecular weight excluding hydrogens is 439 g/mol. The molecule has 176 valence electrons. The standard InChI is InChI=1S/C25H25FN4O4/c1-33-18-10-7-16(21(12-18)34-2)14-30-22(31)13-19(25(30)32)23-20(4-3-11-27)28-29-24(23)15-5-8-17(26)9-6-15/h5-10,12-13H,3-4,11,14,27H2,1-2H3,(H,28,29). The number of aromatic amines is 1. The molecule has 1 aliphatic heterocycles. The van der Waals surface area contributed by atoms with Crippen LogP contribution in [0.2, 0.25) is 0 Å². The number of aromatic nitrogens is 2. The average Bonchev–Trinajstić information content (AvgIpc) is 3.39. The number of halogens is 1. The van der Waals surface area contributed by atoms with Crippen molar-refractivity contribution in [3.05, 3.63) is 71.2 Å². The van der Waals surface area contributed by atoms with Gasteiger partial charge in [0.1, 0.15) is 23.0 Å². The molecule has 0 spiro atoms. The maximum atomic E-state index is 13.5. The lowest BCUT2D eigenvalue weighted by Crippen LogP contribution is -2.30. The zero-order valence-electron chi connectivity index (χ0n) is 18.9. The summed E-state index contributed by atoms with van der Waals surface area (Å²) in [5.74, 6) is -0.150. The Hall–Kier alpha value is -3.98. The molecule has 4 rings (SSSR count). The minimum absolute atomic E-state index is 0.0344. The molecule has 1 aliphatic rings. The van der Waals surface area contributed by atoms with Crippen LogP contribution in [-0.4, -0.2) is 47.7 Å². The van der Waals surface area contributed by atoms with Crippen LogP contribution in [0.25, 0.3) is 16.8 Å². The third-order valence-electron chi connectivity index (χ3n) is 5.69. The van der Waals surface area contributed by atoms with Crippen LogP contribution in [-0.2, 0) is 22.6 Å². The summed E-state index contributed by atoms with van der Waals surface area (Å²) in [5.41, 5.74) is 8.90. The van der Waals surface area contributed by atoms with E-state index in [0.717, 1.165) is 4.90 Å². The van der Waals surface area contributed by atoms with Crippen LogP contribution >= 0.6 is 0 Å². The van der Waals surface area contributed by atoms with Crippen molar-refractivity contribution in [2.75, 3.05) is 20.8 Å². The topological polar surface area (TPSA) is 111 Å². The molecular formula is C25H25FN4O4. The van der Waals surface area contributed by atoms with Gasteiger partial charge in [0.2, 0.25) is 0 Å². The molecule has 2 heterocycles. The zero-order valence-corrected chi connectivity index (χ0v) is 18.9. The third kappa shape index (κ3) is 4.42. The van der Waals surface area contributed by atoms with Crippen LogP contribution < -0.4 is 15.2 Å². The number of carbonyl (C=O) groups excluding carboxylic acids is 2. The number of amides is 2. The molecule has 0 saturated heterocycles. The van der Waals surface area contributed by atoms with Gasteiger partial charge in [-0.25, -0.2) is 4.39 Å². The van der Waals surface area contributed by atoms with Crippen molar-refractivity contribution < 1.29 is 23.5 Å². The highest BCUT2D eigenvalue weighted by atomic mass is 19.1. The SMILES string of the molecule is COc1ccc(CN2C(=O)C=C(c3c(-c4ccc(F)cc4)n[nH]c3CCCN)C2=O)c(OC)c1. The lowest BCUT2D eigenvalue weighted by molar-refractivity contribution is -0.137. The van der Waals surface area contributed by atoms with Crippen molar-refractivity contribution >= 4 is 17.4 Å². The van der Waals surface area contributed by atoms with E-state index in [1.54, 1.807) is 37.4 Å². The number of nitrogens with zero attached hydrogens (tertiary/aromatic N) is 2. The second-order valence-corrected chi connectivity index (χ2v) is 7.79. The largest absolute Gasteiger partial charge is 0.497 e. The zero-order chi connectivity index (χ0) is 24.2. The highest BCUT2D eigenvalue weighted by Gasteiger charge is 2.35. The number of nitrogens with one attached hydrogen (secondary N) is 1. The third-order valence-corrected chi connectivity index (χ3v) is 5.69. The predicted octanol–water partition coefficient (Wildman–Crippen LogP) is 3.08. The van der Waals surface area contributed by atoms with Gasteiger partial charge in [-0.15, -0.1) is 0 Å². The Balaban J connectivity index is 1.69. The van der Waals surface area contributed by atoms with Gasteiger partial charge in [0, 0.05) is 34.5 Å². The lowest BCUT2D eigenvalue weighted by Gasteiger charge is -2.18. The number of carbonyl (C=O) groups is 2. The van der Waals surface area contributed by atoms with E-state index in [4.69, 9.17) is 15.2 Å². The fourth-order valence-electron chi connectivity index (χ4n) is 3.93. The summed E-state index contributed by atoms with van der Waals surface area (Å²) >= 11 is 0. The molecule has 3 N–H and O–H groups in total. The van der Waals surface area contributed by atoms with Gasteiger partial charge in [0.15, 0.2) is 0 Å². The maximum Gasteiger partial charge on any atom is 0.261 e. The number of nitrogens with two attached hydrogens (primary N) is 1. The van der Waals surface area contributed by atoms with Gasteiger partial charge in [-0.3, -0.25) is 19.6 Å². The molecule has 0 atom stereocenters. The number of rotatable bonds is 9. The van der Waals surface area contributed by atoms with Crippen molar-refractivity contribution in [2.45, 2.75) is 19.4 Å². The van der Waals surface area contributed by atoms with Crippen LogP contribution in [0.4, 0.5) is 4.39 Å². The highest BCUT2D eigenvalue weighted by Crippen LogP contribution is 2.35. The van der Waals surface area contributed by atoms with Gasteiger partial charge in [-0.05, 0) is 55.8 Å². The highest BCUT2D eigenvalue weighted by molar-refractivity contribution is 6.34. The van der Waals surface area contributed by atoms with E-state index in [0.29, 0.717) is 59.0 Å². The Kier molecular flexibility index (Phi) is 6.74. The van der Waals surface area contributed by atoms with E-state index in [-0.39, 0.29) is 17.9 Å². The fraction of sp³-hybridized carbons (Fsp3) is 0.240. The first-order chi connectivity index (χ1) is 16.5. The van der Waals surface area contributed by atoms with E-state index in [2.05, 4.69) is 10.2 Å². The molecule has 0 bridgehead atoms. The Morgan fingerprint density at radius 3 is 2.53 bits per heavy atom. The number of benzene rings is 2. The summed E-state index contributed by atoms with van der Waals surface area (Å²) in [4.78, 5) is 27.5. The second kappa shape index (κ2) is 9.88. The molecule has 2 amide bonds. The number of ether oxygens (including phenoxy) is 2. The normalized spacial score (nSPS) is 13.4. The van der Waals surface area contributed by atoms with Crippen molar-refractivity contribution in [1.82, 2.24) is 15.1 Å². The molecule has 1 aromatic heterocycles. The summed E-state index contributed by atoms with van der Waals surface area (Å²) < 4.78 is 24.1. The Bertz CT molecular complexity index is 1250. The van der Waals surface area contributed by atoms with E-state index in [1.807, 2.05) is 0 Å².